The van der Waals surface area contributed by atoms with Crippen molar-refractivity contribution in [3.8, 4) is 11.8 Å². The largest absolute Gasteiger partial charge is 0.481 e. The van der Waals surface area contributed by atoms with Crippen molar-refractivity contribution in [2.75, 3.05) is 13.7 Å². The smallest absolute Gasteiger partial charge is 0.220 e. The van der Waals surface area contributed by atoms with Crippen LogP contribution in [-0.4, -0.2) is 35.8 Å². The Morgan fingerprint density at radius 3 is 2.87 bits per heavy atom. The van der Waals surface area contributed by atoms with Gasteiger partial charge in [0.05, 0.1) is 13.2 Å². The van der Waals surface area contributed by atoms with Crippen LogP contribution >= 0.6 is 0 Å². The third kappa shape index (κ3) is 2.56. The normalized spacial score (nSPS) is 25.2. The van der Waals surface area contributed by atoms with Crippen LogP contribution in [-0.2, 0) is 0 Å². The topological polar surface area (TPSA) is 56.3 Å². The van der Waals surface area contributed by atoms with Crippen molar-refractivity contribution in [2.45, 2.75) is 25.5 Å². The van der Waals surface area contributed by atoms with Crippen LogP contribution < -0.4 is 14.8 Å². The fourth-order valence-corrected chi connectivity index (χ4v) is 1.65. The van der Waals surface area contributed by atoms with E-state index in [9.17, 15) is 0 Å². The SMILES string of the molecule is CO[13c]1[13cH][13c](O[C@H]2CN[C@@H](C)C2)ncn1. The Labute approximate surface area is 88.8 Å². The molecular weight excluding hydrogens is 197 g/mol. The predicted molar refractivity (Wildman–Crippen MR) is 55.1 cm³/mol. The van der Waals surface area contributed by atoms with E-state index in [1.807, 2.05) is 0 Å². The maximum Gasteiger partial charge on any atom is 0.220 e. The molecule has 82 valence electrons. The van der Waals surface area contributed by atoms with Gasteiger partial charge < -0.3 is 14.8 Å². The molecule has 1 aliphatic heterocycles. The van der Waals surface area contributed by atoms with E-state index in [0.717, 1.165) is 13.0 Å². The minimum atomic E-state index is 0.194. The summed E-state index contributed by atoms with van der Waals surface area (Å²) in [6, 6.07) is 2.21. The zero-order chi connectivity index (χ0) is 10.7. The van der Waals surface area contributed by atoms with E-state index in [0.29, 0.717) is 17.8 Å². The van der Waals surface area contributed by atoms with Gasteiger partial charge in [-0.05, 0) is 6.92 Å². The lowest BCUT2D eigenvalue weighted by Crippen LogP contribution is -2.21. The second-order valence-electron chi connectivity index (χ2n) is 3.68. The summed E-state index contributed by atoms with van der Waals surface area (Å²) in [6.45, 7) is 3.01. The number of nitrogens with zero attached hydrogens (tertiary/aromatic N) is 2. The maximum absolute atomic E-state index is 5.69. The van der Waals surface area contributed by atoms with Gasteiger partial charge >= 0.3 is 0 Å². The molecule has 1 fully saturated rings. The number of rotatable bonds is 3. The Balaban J connectivity index is 1.98. The summed E-state index contributed by atoms with van der Waals surface area (Å²) in [7, 11) is 1.57. The highest BCUT2D eigenvalue weighted by molar-refractivity contribution is 5.18. The molecule has 1 aromatic rings. The fraction of sp³-hybridized carbons (Fsp3) is 0.600. The number of nitrogens with one attached hydrogen (secondary N) is 1. The van der Waals surface area contributed by atoms with E-state index in [2.05, 4.69) is 22.2 Å². The average molecular weight is 212 g/mol. The quantitative estimate of drug-likeness (QED) is 0.795. The molecular formula is C10H15N3O2. The molecule has 2 rings (SSSR count). The fourth-order valence-electron chi connectivity index (χ4n) is 1.65. The Morgan fingerprint density at radius 1 is 1.40 bits per heavy atom. The van der Waals surface area contributed by atoms with Crippen molar-refractivity contribution in [1.29, 1.82) is 0 Å². The monoisotopic (exact) mass is 212 g/mol. The van der Waals surface area contributed by atoms with Crippen LogP contribution in [0.4, 0.5) is 0 Å². The molecule has 0 spiro atoms. The first-order chi connectivity index (χ1) is 7.28. The molecule has 0 unspecified atom stereocenters. The van der Waals surface area contributed by atoms with Gasteiger partial charge in [0.15, 0.2) is 0 Å². The van der Waals surface area contributed by atoms with Gasteiger partial charge in [0.2, 0.25) is 11.8 Å². The van der Waals surface area contributed by atoms with Crippen LogP contribution in [0.2, 0.25) is 0 Å². The van der Waals surface area contributed by atoms with Crippen molar-refractivity contribution in [3.63, 3.8) is 0 Å². The molecule has 15 heavy (non-hydrogen) atoms. The summed E-state index contributed by atoms with van der Waals surface area (Å²) >= 11 is 0. The third-order valence-electron chi connectivity index (χ3n) is 2.42. The zero-order valence-electron chi connectivity index (χ0n) is 8.93. The molecule has 1 saturated heterocycles. The summed E-state index contributed by atoms with van der Waals surface area (Å²) in [5.74, 6) is 1.10. The average Bonchev–Trinajstić information content (AvgIpc) is 2.64. The molecule has 0 aromatic carbocycles. The van der Waals surface area contributed by atoms with Gasteiger partial charge in [-0.15, -0.1) is 0 Å². The Hall–Kier alpha value is -1.36. The van der Waals surface area contributed by atoms with Crippen LogP contribution in [0.5, 0.6) is 11.8 Å². The third-order valence-corrected chi connectivity index (χ3v) is 2.42. The van der Waals surface area contributed by atoms with E-state index < -0.39 is 0 Å². The molecule has 0 radical (unpaired) electrons. The minimum Gasteiger partial charge on any atom is -0.481 e. The van der Waals surface area contributed by atoms with Gasteiger partial charge in [0, 0.05) is 19.0 Å². The number of hydrogen-bond acceptors (Lipinski definition) is 5. The summed E-state index contributed by atoms with van der Waals surface area (Å²) in [5.41, 5.74) is 0. The van der Waals surface area contributed by atoms with E-state index in [4.69, 9.17) is 9.47 Å². The Bertz CT molecular complexity index is 332. The lowest BCUT2D eigenvalue weighted by molar-refractivity contribution is 0.210. The van der Waals surface area contributed by atoms with Gasteiger partial charge in [0.1, 0.15) is 12.4 Å². The minimum absolute atomic E-state index is 0.194. The van der Waals surface area contributed by atoms with Crippen LogP contribution in [0.3, 0.4) is 0 Å². The van der Waals surface area contributed by atoms with Crippen molar-refractivity contribution in [2.24, 2.45) is 0 Å². The van der Waals surface area contributed by atoms with Crippen molar-refractivity contribution in [1.82, 2.24) is 15.3 Å². The molecule has 5 heteroatoms. The lowest BCUT2D eigenvalue weighted by Gasteiger charge is -2.11. The van der Waals surface area contributed by atoms with Gasteiger partial charge in [-0.2, -0.15) is 0 Å². The molecule has 1 aliphatic rings. The highest BCUT2D eigenvalue weighted by Gasteiger charge is 2.22. The molecule has 0 bridgehead atoms. The summed E-state index contributed by atoms with van der Waals surface area (Å²) in [5, 5.41) is 3.32. The summed E-state index contributed by atoms with van der Waals surface area (Å²) in [4.78, 5) is 7.95. The second kappa shape index (κ2) is 4.44. The maximum atomic E-state index is 5.69. The number of hydrogen-bond donors (Lipinski definition) is 1. The highest BCUT2D eigenvalue weighted by atomic mass is 16.6. The van der Waals surface area contributed by atoms with Gasteiger partial charge in [0.25, 0.3) is 0 Å². The van der Waals surface area contributed by atoms with E-state index in [1.165, 1.54) is 6.33 Å². The predicted octanol–water partition coefficient (Wildman–Crippen LogP) is 0.614. The van der Waals surface area contributed by atoms with E-state index in [-0.39, 0.29) is 6.10 Å². The molecule has 0 aliphatic carbocycles. The first kappa shape index (κ1) is 10.2. The molecule has 1 aromatic heterocycles. The number of methoxy groups -OCH3 is 1. The summed E-state index contributed by atoms with van der Waals surface area (Å²) < 4.78 is 10.7. The van der Waals surface area contributed by atoms with Crippen LogP contribution in [0.25, 0.3) is 0 Å². The standard InChI is InChI=1S/C10H15N3O2/c1-7-3-8(5-11-7)15-10-4-9(14-2)12-6-13-10/h4,6-8,11H,3,5H2,1-2H3/t7-,8+/m0/s1/i4+1,9+1,10+1. The van der Waals surface area contributed by atoms with Crippen molar-refractivity contribution >= 4 is 0 Å². The first-order valence-corrected chi connectivity index (χ1v) is 5.04. The Morgan fingerprint density at radius 2 is 2.20 bits per heavy atom. The number of ether oxygens (including phenoxy) is 2. The molecule has 5 nitrogen and oxygen atoms in total. The van der Waals surface area contributed by atoms with Gasteiger partial charge in [-0.25, -0.2) is 9.97 Å². The molecule has 0 amide bonds. The van der Waals surface area contributed by atoms with Crippen molar-refractivity contribution in [3.05, 3.63) is 12.4 Å². The molecule has 1 N–H and O–H groups in total. The van der Waals surface area contributed by atoms with Crippen molar-refractivity contribution < 1.29 is 9.47 Å². The summed E-state index contributed by atoms with van der Waals surface area (Å²) in [6.07, 6.45) is 2.64. The highest BCUT2D eigenvalue weighted by Crippen LogP contribution is 2.17. The van der Waals surface area contributed by atoms with Gasteiger partial charge in [-0.3, -0.25) is 0 Å². The Kier molecular flexibility index (Phi) is 3.01. The second-order valence-corrected chi connectivity index (χ2v) is 3.68. The van der Waals surface area contributed by atoms with E-state index >= 15 is 0 Å². The van der Waals surface area contributed by atoms with Crippen LogP contribution in [0.1, 0.15) is 13.3 Å². The van der Waals surface area contributed by atoms with Crippen LogP contribution in [0.15, 0.2) is 12.4 Å². The molecule has 0 saturated carbocycles. The first-order valence-electron chi connectivity index (χ1n) is 5.04. The number of aromatic nitrogens is 2. The zero-order valence-corrected chi connectivity index (χ0v) is 8.93. The van der Waals surface area contributed by atoms with E-state index in [1.54, 1.807) is 13.2 Å². The lowest BCUT2D eigenvalue weighted by atomic mass is 10.2. The molecule has 2 heterocycles. The van der Waals surface area contributed by atoms with Gasteiger partial charge in [-0.1, -0.05) is 0 Å². The van der Waals surface area contributed by atoms with Crippen LogP contribution in [0, 0.1) is 0 Å². The molecule has 2 atom stereocenters.